The molecule has 1 aliphatic rings. The molecule has 0 saturated carbocycles. The molecule has 0 unspecified atom stereocenters. The van der Waals surface area contributed by atoms with Crippen LogP contribution < -0.4 is 24.4 Å². The van der Waals surface area contributed by atoms with Crippen LogP contribution in [-0.4, -0.2) is 36.5 Å². The van der Waals surface area contributed by atoms with E-state index >= 15 is 0 Å². The Morgan fingerprint density at radius 1 is 1.05 bits per heavy atom. The van der Waals surface area contributed by atoms with Crippen molar-refractivity contribution in [2.45, 2.75) is 6.92 Å². The summed E-state index contributed by atoms with van der Waals surface area (Å²) in [6, 6.07) is 17.7. The van der Waals surface area contributed by atoms with Crippen molar-refractivity contribution in [3.63, 3.8) is 0 Å². The van der Waals surface area contributed by atoms with E-state index in [1.807, 2.05) is 6.92 Å². The number of thioether (sulfide) groups is 1. The van der Waals surface area contributed by atoms with Gasteiger partial charge >= 0.3 is 0 Å². The normalized spacial score (nSPS) is 14.1. The number of thiocarbonyl (C=S) groups is 1. The zero-order valence-corrected chi connectivity index (χ0v) is 21.7. The van der Waals surface area contributed by atoms with E-state index in [9.17, 15) is 14.0 Å². The van der Waals surface area contributed by atoms with Crippen molar-refractivity contribution in [3.05, 3.63) is 83.0 Å². The molecule has 4 rings (SSSR count). The Morgan fingerprint density at radius 3 is 2.46 bits per heavy atom. The molecular formula is C27H23FN2O5S2. The van der Waals surface area contributed by atoms with E-state index in [2.05, 4.69) is 5.32 Å². The van der Waals surface area contributed by atoms with Crippen LogP contribution in [0.1, 0.15) is 12.5 Å². The van der Waals surface area contributed by atoms with Crippen LogP contribution in [0.15, 0.2) is 71.6 Å². The summed E-state index contributed by atoms with van der Waals surface area (Å²) >= 11 is 6.66. The standard InChI is InChI=1S/C27H23FN2O5S2/c1-3-34-23-14-17(4-13-22(23)35-16-25(31)29-19-7-5-18(28)6-8-19)15-24-26(32)30(27(36)37-24)20-9-11-21(33-2)12-10-20/h4-15H,3,16H2,1-2H3,(H,29,31)/b24-15-. The van der Waals surface area contributed by atoms with Gasteiger partial charge in [0, 0.05) is 5.69 Å². The van der Waals surface area contributed by atoms with Gasteiger partial charge in [-0.05, 0) is 79.2 Å². The second-order valence-electron chi connectivity index (χ2n) is 7.70. The summed E-state index contributed by atoms with van der Waals surface area (Å²) in [5, 5.41) is 2.64. The minimum atomic E-state index is -0.402. The monoisotopic (exact) mass is 538 g/mol. The highest BCUT2D eigenvalue weighted by atomic mass is 32.2. The van der Waals surface area contributed by atoms with E-state index in [1.165, 1.54) is 40.9 Å². The van der Waals surface area contributed by atoms with Gasteiger partial charge < -0.3 is 19.5 Å². The molecule has 0 bridgehead atoms. The van der Waals surface area contributed by atoms with Crippen LogP contribution in [-0.2, 0) is 9.59 Å². The molecule has 2 amide bonds. The number of nitrogens with one attached hydrogen (secondary N) is 1. The highest BCUT2D eigenvalue weighted by Crippen LogP contribution is 2.37. The first-order chi connectivity index (χ1) is 17.9. The molecule has 190 valence electrons. The number of ether oxygens (including phenoxy) is 3. The highest BCUT2D eigenvalue weighted by Gasteiger charge is 2.33. The lowest BCUT2D eigenvalue weighted by molar-refractivity contribution is -0.118. The quantitative estimate of drug-likeness (QED) is 0.278. The second kappa shape index (κ2) is 11.9. The number of carbonyl (C=O) groups excluding carboxylic acids is 2. The van der Waals surface area contributed by atoms with E-state index in [0.717, 1.165) is 0 Å². The molecule has 7 nitrogen and oxygen atoms in total. The molecule has 0 spiro atoms. The Bertz CT molecular complexity index is 1340. The third kappa shape index (κ3) is 6.46. The van der Waals surface area contributed by atoms with E-state index in [1.54, 1.807) is 55.7 Å². The number of methoxy groups -OCH3 is 1. The maximum atomic E-state index is 13.1. The van der Waals surface area contributed by atoms with E-state index < -0.39 is 11.7 Å². The average molecular weight is 539 g/mol. The number of hydrogen-bond acceptors (Lipinski definition) is 7. The number of anilines is 2. The van der Waals surface area contributed by atoms with Crippen molar-refractivity contribution < 1.29 is 28.2 Å². The van der Waals surface area contributed by atoms with Crippen LogP contribution in [0.5, 0.6) is 17.2 Å². The molecule has 37 heavy (non-hydrogen) atoms. The molecule has 10 heteroatoms. The van der Waals surface area contributed by atoms with Gasteiger partial charge in [-0.2, -0.15) is 0 Å². The number of benzene rings is 3. The van der Waals surface area contributed by atoms with Crippen LogP contribution in [0, 0.1) is 5.82 Å². The molecule has 0 atom stereocenters. The zero-order chi connectivity index (χ0) is 26.4. The third-order valence-corrected chi connectivity index (χ3v) is 6.48. The number of carbonyl (C=O) groups is 2. The van der Waals surface area contributed by atoms with E-state index in [-0.39, 0.29) is 12.5 Å². The highest BCUT2D eigenvalue weighted by molar-refractivity contribution is 8.27. The maximum Gasteiger partial charge on any atom is 0.270 e. The fourth-order valence-electron chi connectivity index (χ4n) is 3.45. The molecule has 0 aliphatic carbocycles. The third-order valence-electron chi connectivity index (χ3n) is 5.18. The molecule has 1 N–H and O–H groups in total. The Kier molecular flexibility index (Phi) is 8.42. The summed E-state index contributed by atoms with van der Waals surface area (Å²) in [6.07, 6.45) is 1.73. The Balaban J connectivity index is 1.46. The van der Waals surface area contributed by atoms with Gasteiger partial charge in [-0.25, -0.2) is 4.39 Å². The van der Waals surface area contributed by atoms with Crippen molar-refractivity contribution in [3.8, 4) is 17.2 Å². The predicted molar refractivity (Wildman–Crippen MR) is 147 cm³/mol. The molecule has 1 saturated heterocycles. The van der Waals surface area contributed by atoms with Crippen LogP contribution in [0.4, 0.5) is 15.8 Å². The largest absolute Gasteiger partial charge is 0.497 e. The number of hydrogen-bond donors (Lipinski definition) is 1. The van der Waals surface area contributed by atoms with Gasteiger partial charge in [0.1, 0.15) is 11.6 Å². The summed E-state index contributed by atoms with van der Waals surface area (Å²) in [7, 11) is 1.58. The molecule has 0 radical (unpaired) electrons. The summed E-state index contributed by atoms with van der Waals surface area (Å²) in [5.41, 5.74) is 1.83. The van der Waals surface area contributed by atoms with Gasteiger partial charge in [0.05, 0.1) is 24.3 Å². The lowest BCUT2D eigenvalue weighted by Crippen LogP contribution is -2.27. The fourth-order valence-corrected chi connectivity index (χ4v) is 4.75. The van der Waals surface area contributed by atoms with Gasteiger partial charge in [0.2, 0.25) is 0 Å². The number of amides is 2. The number of halogens is 1. The Labute approximate surface area is 223 Å². The molecule has 3 aromatic carbocycles. The molecule has 1 aliphatic heterocycles. The second-order valence-corrected chi connectivity index (χ2v) is 9.37. The summed E-state index contributed by atoms with van der Waals surface area (Å²) < 4.78 is 30.0. The first kappa shape index (κ1) is 26.2. The van der Waals surface area contributed by atoms with Crippen LogP contribution in [0.2, 0.25) is 0 Å². The van der Waals surface area contributed by atoms with Gasteiger partial charge in [-0.15, -0.1) is 0 Å². The van der Waals surface area contributed by atoms with Crippen LogP contribution >= 0.6 is 24.0 Å². The molecule has 0 aromatic heterocycles. The van der Waals surface area contributed by atoms with Gasteiger partial charge in [0.15, 0.2) is 22.4 Å². The van der Waals surface area contributed by atoms with Gasteiger partial charge in [0.25, 0.3) is 11.8 Å². The van der Waals surface area contributed by atoms with Crippen LogP contribution in [0.25, 0.3) is 6.08 Å². The first-order valence-corrected chi connectivity index (χ1v) is 12.5. The van der Waals surface area contributed by atoms with Crippen molar-refractivity contribution in [1.29, 1.82) is 0 Å². The minimum absolute atomic E-state index is 0.226. The minimum Gasteiger partial charge on any atom is -0.497 e. The SMILES string of the molecule is CCOc1cc(/C=C2\SC(=S)N(c3ccc(OC)cc3)C2=O)ccc1OCC(=O)Nc1ccc(F)cc1. The smallest absolute Gasteiger partial charge is 0.270 e. The van der Waals surface area contributed by atoms with Crippen LogP contribution in [0.3, 0.4) is 0 Å². The molecule has 1 heterocycles. The summed E-state index contributed by atoms with van der Waals surface area (Å²) in [6.45, 7) is 1.94. The average Bonchev–Trinajstić information content (AvgIpc) is 3.17. The summed E-state index contributed by atoms with van der Waals surface area (Å²) in [4.78, 5) is 27.3. The van der Waals surface area contributed by atoms with Gasteiger partial charge in [-0.1, -0.05) is 30.0 Å². The van der Waals surface area contributed by atoms with E-state index in [4.69, 9.17) is 26.4 Å². The Morgan fingerprint density at radius 2 is 1.78 bits per heavy atom. The molecule has 3 aromatic rings. The number of nitrogens with zero attached hydrogens (tertiary/aromatic N) is 1. The Hall–Kier alpha value is -3.89. The maximum absolute atomic E-state index is 13.1. The van der Waals surface area contributed by atoms with Crippen molar-refractivity contribution in [2.24, 2.45) is 0 Å². The predicted octanol–water partition coefficient (Wildman–Crippen LogP) is 5.66. The molecule has 1 fully saturated rings. The first-order valence-electron chi connectivity index (χ1n) is 11.2. The number of rotatable bonds is 9. The van der Waals surface area contributed by atoms with Crippen molar-refractivity contribution >= 4 is 57.6 Å². The fraction of sp³-hybridized carbons (Fsp3) is 0.148. The van der Waals surface area contributed by atoms with E-state index in [0.29, 0.717) is 50.0 Å². The topological polar surface area (TPSA) is 77.1 Å². The van der Waals surface area contributed by atoms with Crippen molar-refractivity contribution in [1.82, 2.24) is 0 Å². The summed E-state index contributed by atoms with van der Waals surface area (Å²) in [5.74, 6) is 0.467. The van der Waals surface area contributed by atoms with Crippen molar-refractivity contribution in [2.75, 3.05) is 30.5 Å². The lowest BCUT2D eigenvalue weighted by Gasteiger charge is -2.14. The van der Waals surface area contributed by atoms with Gasteiger partial charge in [-0.3, -0.25) is 14.5 Å². The molecular weight excluding hydrogens is 515 g/mol. The zero-order valence-electron chi connectivity index (χ0n) is 20.0. The lowest BCUT2D eigenvalue weighted by atomic mass is 10.1.